The Morgan fingerprint density at radius 1 is 1.39 bits per heavy atom. The molecule has 0 N–H and O–H groups in total. The van der Waals surface area contributed by atoms with Gasteiger partial charge in [0, 0.05) is 12.1 Å². The number of nitrogens with zero attached hydrogens (tertiary/aromatic N) is 2. The lowest BCUT2D eigenvalue weighted by molar-refractivity contribution is 0.0967. The van der Waals surface area contributed by atoms with Crippen molar-refractivity contribution in [3.05, 3.63) is 35.4 Å². The highest BCUT2D eigenvalue weighted by molar-refractivity contribution is 8.93. The van der Waals surface area contributed by atoms with Gasteiger partial charge in [-0.15, -0.1) is 17.0 Å². The van der Waals surface area contributed by atoms with Gasteiger partial charge in [-0.3, -0.25) is 9.79 Å². The summed E-state index contributed by atoms with van der Waals surface area (Å²) in [7, 11) is 0. The van der Waals surface area contributed by atoms with Crippen molar-refractivity contribution in [2.75, 3.05) is 25.9 Å². The second-order valence-corrected chi connectivity index (χ2v) is 4.85. The molecule has 0 spiro atoms. The molecule has 1 aromatic carbocycles. The van der Waals surface area contributed by atoms with Gasteiger partial charge in [0.05, 0.1) is 13.1 Å². The Kier molecular flexibility index (Phi) is 5.88. The normalized spacial score (nSPS) is 14.1. The van der Waals surface area contributed by atoms with Crippen LogP contribution in [0.25, 0.3) is 0 Å². The minimum absolute atomic E-state index is 0. The molecule has 0 bridgehead atoms. The fraction of sp³-hybridized carbons (Fsp3) is 0.385. The molecule has 3 nitrogen and oxygen atoms in total. The van der Waals surface area contributed by atoms with E-state index in [1.165, 1.54) is 5.56 Å². The zero-order chi connectivity index (χ0) is 12.3. The average Bonchev–Trinajstić information content (AvgIpc) is 2.77. The highest BCUT2D eigenvalue weighted by Crippen LogP contribution is 2.13. The van der Waals surface area contributed by atoms with Crippen LogP contribution in [0, 0.1) is 6.92 Å². The zero-order valence-corrected chi connectivity index (χ0v) is 13.1. The maximum absolute atomic E-state index is 12.1. The summed E-state index contributed by atoms with van der Waals surface area (Å²) >= 11 is 1.60. The minimum atomic E-state index is 0. The van der Waals surface area contributed by atoms with Crippen molar-refractivity contribution >= 4 is 39.7 Å². The van der Waals surface area contributed by atoms with Crippen LogP contribution in [-0.4, -0.2) is 41.7 Å². The number of hydrogen-bond donors (Lipinski definition) is 0. The van der Waals surface area contributed by atoms with E-state index >= 15 is 0 Å². The van der Waals surface area contributed by atoms with Crippen LogP contribution in [0.3, 0.4) is 0 Å². The van der Waals surface area contributed by atoms with Gasteiger partial charge in [0.25, 0.3) is 0 Å². The molecule has 0 saturated heterocycles. The predicted octanol–water partition coefficient (Wildman–Crippen LogP) is 2.79. The van der Waals surface area contributed by atoms with Crippen molar-refractivity contribution in [3.63, 3.8) is 0 Å². The predicted molar refractivity (Wildman–Crippen MR) is 83.2 cm³/mol. The second-order valence-electron chi connectivity index (χ2n) is 4.08. The summed E-state index contributed by atoms with van der Waals surface area (Å²) in [6, 6.07) is 7.73. The zero-order valence-electron chi connectivity index (χ0n) is 10.5. The number of aryl methyl sites for hydroxylation is 1. The van der Waals surface area contributed by atoms with Crippen LogP contribution >= 0.6 is 28.7 Å². The molecule has 0 fully saturated rings. The molecule has 0 aromatic heterocycles. The Hall–Kier alpha value is -0.810. The molecule has 1 aliphatic rings. The minimum Gasteiger partial charge on any atom is -0.342 e. The Morgan fingerprint density at radius 2 is 2.06 bits per heavy atom. The Bertz CT molecular complexity index is 445. The summed E-state index contributed by atoms with van der Waals surface area (Å²) in [6.45, 7) is 4.11. The van der Waals surface area contributed by atoms with Crippen molar-refractivity contribution in [2.24, 2.45) is 4.99 Å². The number of aliphatic imine (C=N–C) groups is 1. The summed E-state index contributed by atoms with van der Waals surface area (Å²) in [5, 5.41) is 0.977. The molecule has 2 rings (SSSR count). The van der Waals surface area contributed by atoms with E-state index in [4.69, 9.17) is 0 Å². The fourth-order valence-electron chi connectivity index (χ4n) is 1.81. The van der Waals surface area contributed by atoms with E-state index in [9.17, 15) is 4.79 Å². The summed E-state index contributed by atoms with van der Waals surface area (Å²) < 4.78 is 0. The molecule has 5 heteroatoms. The van der Waals surface area contributed by atoms with Gasteiger partial charge < -0.3 is 4.90 Å². The SMILES string of the molecule is Br.CSC1=NCCN1CC(=O)c1ccc(C)cc1. The van der Waals surface area contributed by atoms with Gasteiger partial charge in [0.15, 0.2) is 11.0 Å². The number of halogens is 1. The van der Waals surface area contributed by atoms with Gasteiger partial charge >= 0.3 is 0 Å². The third-order valence-corrected chi connectivity index (χ3v) is 3.53. The van der Waals surface area contributed by atoms with Crippen LogP contribution in [-0.2, 0) is 0 Å². The van der Waals surface area contributed by atoms with Gasteiger partial charge in [0.1, 0.15) is 0 Å². The molecular formula is C13H17BrN2OS. The van der Waals surface area contributed by atoms with Crippen LogP contribution < -0.4 is 0 Å². The largest absolute Gasteiger partial charge is 0.342 e. The monoisotopic (exact) mass is 328 g/mol. The van der Waals surface area contributed by atoms with Gasteiger partial charge in [-0.2, -0.15) is 0 Å². The van der Waals surface area contributed by atoms with E-state index in [1.807, 2.05) is 42.3 Å². The quantitative estimate of drug-likeness (QED) is 0.800. The van der Waals surface area contributed by atoms with E-state index in [1.54, 1.807) is 11.8 Å². The van der Waals surface area contributed by atoms with E-state index in [0.717, 1.165) is 23.8 Å². The summed E-state index contributed by atoms with van der Waals surface area (Å²) in [6.07, 6.45) is 1.99. The molecule has 0 aliphatic carbocycles. The Labute approximate surface area is 122 Å². The lowest BCUT2D eigenvalue weighted by Crippen LogP contribution is -2.31. The Balaban J connectivity index is 0.00000162. The van der Waals surface area contributed by atoms with Crippen molar-refractivity contribution in [3.8, 4) is 0 Å². The number of rotatable bonds is 3. The fourth-order valence-corrected chi connectivity index (χ4v) is 2.44. The molecule has 0 atom stereocenters. The van der Waals surface area contributed by atoms with Crippen molar-refractivity contribution in [2.45, 2.75) is 6.92 Å². The van der Waals surface area contributed by atoms with Crippen LogP contribution in [0.1, 0.15) is 15.9 Å². The molecule has 1 aromatic rings. The number of carbonyl (C=O) groups is 1. The lowest BCUT2D eigenvalue weighted by Gasteiger charge is -2.17. The first-order valence-corrected chi connectivity index (χ1v) is 6.86. The van der Waals surface area contributed by atoms with Crippen LogP contribution in [0.5, 0.6) is 0 Å². The second kappa shape index (κ2) is 6.95. The highest BCUT2D eigenvalue weighted by atomic mass is 79.9. The third-order valence-electron chi connectivity index (χ3n) is 2.78. The van der Waals surface area contributed by atoms with E-state index < -0.39 is 0 Å². The lowest BCUT2D eigenvalue weighted by atomic mass is 10.1. The summed E-state index contributed by atoms with van der Waals surface area (Å²) in [5.74, 6) is 0.161. The molecular weight excluding hydrogens is 312 g/mol. The standard InChI is InChI=1S/C13H16N2OS.BrH/c1-10-3-5-11(6-4-10)12(16)9-15-8-7-14-13(15)17-2;/h3-6H,7-9H2,1-2H3;1H. The molecule has 1 heterocycles. The van der Waals surface area contributed by atoms with Gasteiger partial charge in [-0.25, -0.2) is 0 Å². The summed E-state index contributed by atoms with van der Waals surface area (Å²) in [4.78, 5) is 18.5. The molecule has 0 unspecified atom stereocenters. The first-order chi connectivity index (χ1) is 8.20. The van der Waals surface area contributed by atoms with E-state index in [-0.39, 0.29) is 22.8 Å². The molecule has 0 amide bonds. The molecule has 0 saturated carbocycles. The highest BCUT2D eigenvalue weighted by Gasteiger charge is 2.19. The number of thioether (sulfide) groups is 1. The number of carbonyl (C=O) groups excluding carboxylic acids is 1. The molecule has 98 valence electrons. The van der Waals surface area contributed by atoms with Crippen LogP contribution in [0.4, 0.5) is 0 Å². The summed E-state index contributed by atoms with van der Waals surface area (Å²) in [5.41, 5.74) is 1.96. The smallest absolute Gasteiger partial charge is 0.182 e. The topological polar surface area (TPSA) is 32.7 Å². The van der Waals surface area contributed by atoms with Crippen LogP contribution in [0.2, 0.25) is 0 Å². The first kappa shape index (κ1) is 15.2. The average molecular weight is 329 g/mol. The number of benzene rings is 1. The molecule has 18 heavy (non-hydrogen) atoms. The number of amidine groups is 1. The van der Waals surface area contributed by atoms with E-state index in [2.05, 4.69) is 4.99 Å². The van der Waals surface area contributed by atoms with Crippen molar-refractivity contribution in [1.82, 2.24) is 4.90 Å². The maximum atomic E-state index is 12.1. The number of ketones is 1. The molecule has 1 aliphatic heterocycles. The number of hydrogen-bond acceptors (Lipinski definition) is 4. The van der Waals surface area contributed by atoms with E-state index in [0.29, 0.717) is 6.54 Å². The first-order valence-electron chi connectivity index (χ1n) is 5.64. The van der Waals surface area contributed by atoms with Gasteiger partial charge in [-0.05, 0) is 13.2 Å². The maximum Gasteiger partial charge on any atom is 0.182 e. The molecule has 0 radical (unpaired) electrons. The van der Waals surface area contributed by atoms with Gasteiger partial charge in [-0.1, -0.05) is 41.6 Å². The van der Waals surface area contributed by atoms with Crippen molar-refractivity contribution in [1.29, 1.82) is 0 Å². The van der Waals surface area contributed by atoms with Crippen LogP contribution in [0.15, 0.2) is 29.3 Å². The number of Topliss-reactive ketones (excluding diaryl/α,β-unsaturated/α-hetero) is 1. The van der Waals surface area contributed by atoms with Crippen molar-refractivity contribution < 1.29 is 4.79 Å². The third kappa shape index (κ3) is 3.59. The van der Waals surface area contributed by atoms with Gasteiger partial charge in [0.2, 0.25) is 0 Å². The Morgan fingerprint density at radius 3 is 2.67 bits per heavy atom.